The summed E-state index contributed by atoms with van der Waals surface area (Å²) in [7, 11) is 1.26. The van der Waals surface area contributed by atoms with Crippen molar-refractivity contribution >= 4 is 66.2 Å². The number of nitrogens with zero attached hydrogens (tertiary/aromatic N) is 2. The van der Waals surface area contributed by atoms with Gasteiger partial charge in [-0.05, 0) is 38.1 Å². The molecular weight excluding hydrogens is 560 g/mol. The lowest BCUT2D eigenvalue weighted by atomic mass is 10.2. The summed E-state index contributed by atoms with van der Waals surface area (Å²) in [6.45, 7) is 4.12. The Morgan fingerprint density at radius 3 is 1.95 bits per heavy atom. The molecule has 0 saturated heterocycles. The summed E-state index contributed by atoms with van der Waals surface area (Å²) in [4.78, 5) is 43.4. The van der Waals surface area contributed by atoms with Crippen molar-refractivity contribution in [1.82, 2.24) is 0 Å². The number of carboxylic acids is 1. The number of rotatable bonds is 8. The monoisotopic (exact) mass is 580 g/mol. The molecule has 2 aromatic heterocycles. The Morgan fingerprint density at radius 2 is 1.41 bits per heavy atom. The van der Waals surface area contributed by atoms with Crippen LogP contribution in [0.25, 0.3) is 20.2 Å². The van der Waals surface area contributed by atoms with Crippen molar-refractivity contribution in [3.05, 3.63) is 54.2 Å². The number of carbonyl (C=O) groups excluding carboxylic acids is 1. The molecule has 0 radical (unpaired) electrons. The Bertz CT molecular complexity index is 1610. The fourth-order valence-corrected chi connectivity index (χ4v) is 5.52. The molecule has 0 aliphatic rings. The number of methoxy groups -OCH3 is 1. The van der Waals surface area contributed by atoms with Crippen molar-refractivity contribution in [3.8, 4) is 23.0 Å². The van der Waals surface area contributed by atoms with Gasteiger partial charge in [-0.3, -0.25) is 20.2 Å². The minimum Gasteiger partial charge on any atom is -0.504 e. The Kier molecular flexibility index (Phi) is 8.72. The Labute approximate surface area is 226 Å². The lowest BCUT2D eigenvalue weighted by Crippen LogP contribution is -2.02. The smallest absolute Gasteiger partial charge is 0.348 e. The standard InChI is InChI=1S/C14H15NO6S.C9H5NO6S/c1-4-20-9-6-8-7-10(14(16)19-3)22-13(8)11(15(17)18)12(9)21-5-2;11-4-1-3-2-5(9(13)14)17-8(3)6(7(4)12)10(15)16/h6-7H,4-5H2,1-3H3;1-2,11-12H,(H,13,14). The van der Waals surface area contributed by atoms with Crippen LogP contribution in [0.5, 0.6) is 23.0 Å². The predicted octanol–water partition coefficient (Wildman–Crippen LogP) is 5.31. The van der Waals surface area contributed by atoms with Crippen molar-refractivity contribution < 1.29 is 49.0 Å². The van der Waals surface area contributed by atoms with Gasteiger partial charge in [-0.25, -0.2) is 9.59 Å². The van der Waals surface area contributed by atoms with Crippen molar-refractivity contribution in [2.24, 2.45) is 0 Å². The molecule has 2 heterocycles. The first-order chi connectivity index (χ1) is 18.4. The third kappa shape index (κ3) is 5.75. The van der Waals surface area contributed by atoms with Crippen molar-refractivity contribution in [3.63, 3.8) is 0 Å². The molecule has 0 spiro atoms. The number of ether oxygens (including phenoxy) is 3. The van der Waals surface area contributed by atoms with Crippen LogP contribution in [0.3, 0.4) is 0 Å². The van der Waals surface area contributed by atoms with Gasteiger partial charge in [0.25, 0.3) is 0 Å². The largest absolute Gasteiger partial charge is 0.504 e. The zero-order chi connectivity index (χ0) is 29.0. The van der Waals surface area contributed by atoms with E-state index >= 15 is 0 Å². The molecule has 39 heavy (non-hydrogen) atoms. The van der Waals surface area contributed by atoms with Gasteiger partial charge in [-0.1, -0.05) is 0 Å². The molecule has 206 valence electrons. The fourth-order valence-electron chi connectivity index (χ4n) is 3.45. The maximum absolute atomic E-state index is 11.6. The summed E-state index contributed by atoms with van der Waals surface area (Å²) >= 11 is 1.67. The first-order valence-corrected chi connectivity index (χ1v) is 12.5. The topological polar surface area (TPSA) is 209 Å². The molecule has 16 heteroatoms. The van der Waals surface area contributed by atoms with E-state index in [1.807, 2.05) is 0 Å². The van der Waals surface area contributed by atoms with Gasteiger partial charge in [0.15, 0.2) is 11.5 Å². The van der Waals surface area contributed by atoms with E-state index in [1.54, 1.807) is 26.0 Å². The molecule has 0 saturated carbocycles. The van der Waals surface area contributed by atoms with Crippen molar-refractivity contribution in [2.45, 2.75) is 13.8 Å². The number of benzene rings is 2. The molecule has 0 atom stereocenters. The first-order valence-electron chi connectivity index (χ1n) is 10.9. The molecule has 0 aliphatic carbocycles. The van der Waals surface area contributed by atoms with Gasteiger partial charge in [-0.15, -0.1) is 22.7 Å². The number of nitro groups is 2. The number of phenols is 2. The molecule has 4 rings (SSSR count). The number of carboxylic acid groups (broad SMARTS) is 1. The van der Waals surface area contributed by atoms with Crippen LogP contribution in [0.1, 0.15) is 33.2 Å². The van der Waals surface area contributed by atoms with Crippen LogP contribution < -0.4 is 9.47 Å². The van der Waals surface area contributed by atoms with Gasteiger partial charge in [-0.2, -0.15) is 0 Å². The molecule has 0 amide bonds. The van der Waals surface area contributed by atoms with Gasteiger partial charge in [0.05, 0.1) is 30.2 Å². The summed E-state index contributed by atoms with van der Waals surface area (Å²) in [5.74, 6) is -2.90. The van der Waals surface area contributed by atoms with Crippen LogP contribution >= 0.6 is 22.7 Å². The SMILES string of the molecule is CCOc1cc2cc(C(=O)OC)sc2c([N+](=O)[O-])c1OCC.O=C(O)c1cc2cc(O)c(O)c([N+](=O)[O-])c2s1. The number of phenolic OH excluding ortho intramolecular Hbond substituents is 2. The zero-order valence-corrected chi connectivity index (χ0v) is 22.1. The Hall–Kier alpha value is -4.70. The maximum atomic E-state index is 11.6. The molecule has 2 aromatic carbocycles. The van der Waals surface area contributed by atoms with E-state index in [0.29, 0.717) is 28.0 Å². The van der Waals surface area contributed by atoms with Crippen LogP contribution in [-0.2, 0) is 4.74 Å². The predicted molar refractivity (Wildman–Crippen MR) is 141 cm³/mol. The van der Waals surface area contributed by atoms with Crippen LogP contribution in [-0.4, -0.2) is 57.4 Å². The molecule has 3 N–H and O–H groups in total. The van der Waals surface area contributed by atoms with E-state index in [4.69, 9.17) is 14.6 Å². The number of nitro benzene ring substituents is 2. The molecule has 0 aliphatic heterocycles. The normalized spacial score (nSPS) is 10.5. The highest BCUT2D eigenvalue weighted by Crippen LogP contribution is 2.47. The summed E-state index contributed by atoms with van der Waals surface area (Å²) in [5.41, 5.74) is -0.875. The third-order valence-electron chi connectivity index (χ3n) is 4.99. The highest BCUT2D eigenvalue weighted by Gasteiger charge is 2.28. The minimum absolute atomic E-state index is 0.0164. The van der Waals surface area contributed by atoms with Gasteiger partial charge in [0, 0.05) is 10.8 Å². The van der Waals surface area contributed by atoms with E-state index in [-0.39, 0.29) is 43.6 Å². The maximum Gasteiger partial charge on any atom is 0.348 e. The van der Waals surface area contributed by atoms with Gasteiger partial charge in [0.2, 0.25) is 11.5 Å². The lowest BCUT2D eigenvalue weighted by Gasteiger charge is -2.11. The average Bonchev–Trinajstić information content (AvgIpc) is 3.49. The molecule has 0 fully saturated rings. The minimum atomic E-state index is -1.22. The van der Waals surface area contributed by atoms with E-state index < -0.39 is 39.0 Å². The molecule has 14 nitrogen and oxygen atoms in total. The van der Waals surface area contributed by atoms with Crippen molar-refractivity contribution in [1.29, 1.82) is 0 Å². The second kappa shape index (κ2) is 11.8. The molecule has 0 bridgehead atoms. The fraction of sp³-hybridized carbons (Fsp3) is 0.217. The highest BCUT2D eigenvalue weighted by atomic mass is 32.1. The number of aromatic carboxylic acids is 1. The Balaban J connectivity index is 0.000000223. The van der Waals surface area contributed by atoms with Gasteiger partial charge >= 0.3 is 23.3 Å². The van der Waals surface area contributed by atoms with Crippen LogP contribution in [0.4, 0.5) is 11.4 Å². The zero-order valence-electron chi connectivity index (χ0n) is 20.5. The lowest BCUT2D eigenvalue weighted by molar-refractivity contribution is -0.384. The summed E-state index contributed by atoms with van der Waals surface area (Å²) in [6, 6.07) is 5.48. The van der Waals surface area contributed by atoms with Crippen LogP contribution in [0.15, 0.2) is 24.3 Å². The highest BCUT2D eigenvalue weighted by molar-refractivity contribution is 7.21. The third-order valence-corrected chi connectivity index (χ3v) is 7.27. The number of esters is 1. The van der Waals surface area contributed by atoms with Crippen LogP contribution in [0.2, 0.25) is 0 Å². The summed E-state index contributed by atoms with van der Waals surface area (Å²) in [5, 5.41) is 50.4. The van der Waals surface area contributed by atoms with Gasteiger partial charge < -0.3 is 29.5 Å². The average molecular weight is 581 g/mol. The van der Waals surface area contributed by atoms with E-state index in [1.165, 1.54) is 13.2 Å². The second-order valence-corrected chi connectivity index (χ2v) is 9.48. The second-order valence-electron chi connectivity index (χ2n) is 7.38. The Morgan fingerprint density at radius 1 is 0.872 bits per heavy atom. The van der Waals surface area contributed by atoms with Gasteiger partial charge in [0.1, 0.15) is 19.2 Å². The number of hydrogen-bond acceptors (Lipinski definition) is 13. The number of carbonyl (C=O) groups is 2. The summed E-state index contributed by atoms with van der Waals surface area (Å²) in [6.07, 6.45) is 0. The van der Waals surface area contributed by atoms with E-state index in [0.717, 1.165) is 17.4 Å². The number of fused-ring (bicyclic) bond motifs is 2. The number of hydrogen-bond donors (Lipinski definition) is 3. The number of aromatic hydroxyl groups is 2. The molecule has 0 unspecified atom stereocenters. The summed E-state index contributed by atoms with van der Waals surface area (Å²) < 4.78 is 15.9. The van der Waals surface area contributed by atoms with E-state index in [9.17, 15) is 40.0 Å². The first kappa shape index (κ1) is 28.9. The van der Waals surface area contributed by atoms with Crippen LogP contribution in [0, 0.1) is 20.2 Å². The van der Waals surface area contributed by atoms with E-state index in [2.05, 4.69) is 4.74 Å². The van der Waals surface area contributed by atoms with Crippen molar-refractivity contribution in [2.75, 3.05) is 20.3 Å². The molecular formula is C23H20N2O12S2. The quantitative estimate of drug-likeness (QED) is 0.105. The molecule has 4 aromatic rings. The number of thiophene rings is 2.